The molecule has 0 bridgehead atoms. The Morgan fingerprint density at radius 2 is 1.79 bits per heavy atom. The van der Waals surface area contributed by atoms with Gasteiger partial charge in [0, 0.05) is 49.6 Å². The maximum Gasteiger partial charge on any atom is 0.269 e. The van der Waals surface area contributed by atoms with Gasteiger partial charge in [0.05, 0.1) is 22.6 Å². The number of benzene rings is 2. The van der Waals surface area contributed by atoms with Gasteiger partial charge in [-0.2, -0.15) is 0 Å². The number of non-ortho nitro benzene ring substituents is 1. The summed E-state index contributed by atoms with van der Waals surface area (Å²) in [5, 5.41) is 10.8. The van der Waals surface area contributed by atoms with Gasteiger partial charge in [-0.15, -0.1) is 0 Å². The lowest BCUT2D eigenvalue weighted by Crippen LogP contribution is -2.49. The minimum atomic E-state index is -3.83. The average molecular weight is 485 g/mol. The van der Waals surface area contributed by atoms with Crippen LogP contribution in [0, 0.1) is 17.0 Å². The fourth-order valence-corrected chi connectivity index (χ4v) is 4.80. The lowest BCUT2D eigenvalue weighted by atomic mass is 10.1. The maximum absolute atomic E-state index is 13.2. The van der Waals surface area contributed by atoms with Crippen molar-refractivity contribution >= 4 is 27.3 Å². The van der Waals surface area contributed by atoms with E-state index in [-0.39, 0.29) is 23.0 Å². The molecule has 0 saturated carbocycles. The number of nitrogens with one attached hydrogen (secondary N) is 1. The molecule has 1 amide bonds. The topological polar surface area (TPSA) is 126 Å². The Kier molecular flexibility index (Phi) is 6.66. The van der Waals surface area contributed by atoms with Crippen LogP contribution in [0.2, 0.25) is 0 Å². The zero-order chi connectivity index (χ0) is 24.3. The Bertz CT molecular complexity index is 1280. The van der Waals surface area contributed by atoms with E-state index < -0.39 is 14.9 Å². The number of aryl methyl sites for hydroxylation is 1. The van der Waals surface area contributed by atoms with E-state index in [0.29, 0.717) is 43.1 Å². The summed E-state index contributed by atoms with van der Waals surface area (Å²) >= 11 is 0. The summed E-state index contributed by atoms with van der Waals surface area (Å²) in [6.45, 7) is 3.80. The molecule has 2 heterocycles. The molecular weight excluding hydrogens is 460 g/mol. The minimum Gasteiger partial charge on any atom is -0.468 e. The average Bonchev–Trinajstić information content (AvgIpc) is 3.37. The van der Waals surface area contributed by atoms with Crippen LogP contribution < -0.4 is 9.62 Å². The van der Waals surface area contributed by atoms with E-state index in [1.165, 1.54) is 30.5 Å². The summed E-state index contributed by atoms with van der Waals surface area (Å²) < 4.78 is 33.1. The number of anilines is 1. The van der Waals surface area contributed by atoms with E-state index in [4.69, 9.17) is 4.42 Å². The number of carbonyl (C=O) groups is 1. The third kappa shape index (κ3) is 5.10. The molecule has 11 heteroatoms. The van der Waals surface area contributed by atoms with Crippen molar-refractivity contribution in [2.24, 2.45) is 0 Å². The third-order valence-corrected chi connectivity index (χ3v) is 7.16. The SMILES string of the molecule is Cc1ccc(S(=O)(=O)NCc2ccco2)cc1C(=O)N1CCN(c2ccc([N+](=O)[O-])cc2)CC1. The van der Waals surface area contributed by atoms with Crippen molar-refractivity contribution in [1.82, 2.24) is 9.62 Å². The molecule has 10 nitrogen and oxygen atoms in total. The van der Waals surface area contributed by atoms with Gasteiger partial charge in [0.1, 0.15) is 5.76 Å². The van der Waals surface area contributed by atoms with Gasteiger partial charge in [0.15, 0.2) is 0 Å². The molecule has 4 rings (SSSR count). The van der Waals surface area contributed by atoms with Crippen molar-refractivity contribution < 1.29 is 22.6 Å². The van der Waals surface area contributed by atoms with E-state index in [1.807, 2.05) is 0 Å². The predicted molar refractivity (Wildman–Crippen MR) is 125 cm³/mol. The van der Waals surface area contributed by atoms with E-state index in [9.17, 15) is 23.3 Å². The fourth-order valence-electron chi connectivity index (χ4n) is 3.78. The molecule has 178 valence electrons. The zero-order valence-electron chi connectivity index (χ0n) is 18.5. The van der Waals surface area contributed by atoms with Gasteiger partial charge in [0.2, 0.25) is 10.0 Å². The van der Waals surface area contributed by atoms with Gasteiger partial charge >= 0.3 is 0 Å². The first-order chi connectivity index (χ1) is 16.2. The number of amides is 1. The molecule has 1 N–H and O–H groups in total. The molecule has 34 heavy (non-hydrogen) atoms. The Balaban J connectivity index is 1.43. The standard InChI is InChI=1S/C23H24N4O6S/c1-17-4-9-21(34(31,32)24-16-20-3-2-14-33-20)15-22(17)23(28)26-12-10-25(11-13-26)18-5-7-19(8-6-18)27(29)30/h2-9,14-15,24H,10-13,16H2,1H3. The summed E-state index contributed by atoms with van der Waals surface area (Å²) in [5.74, 6) is 0.252. The molecule has 1 fully saturated rings. The van der Waals surface area contributed by atoms with Gasteiger partial charge in [0.25, 0.3) is 11.6 Å². The fraction of sp³-hybridized carbons (Fsp3) is 0.261. The molecule has 1 saturated heterocycles. The molecule has 1 aliphatic rings. The molecule has 1 aliphatic heterocycles. The Morgan fingerprint density at radius 1 is 1.09 bits per heavy atom. The van der Waals surface area contributed by atoms with Crippen molar-refractivity contribution in [3.05, 3.63) is 87.9 Å². The second-order valence-electron chi connectivity index (χ2n) is 7.93. The van der Waals surface area contributed by atoms with Gasteiger partial charge in [-0.05, 0) is 48.9 Å². The van der Waals surface area contributed by atoms with Gasteiger partial charge in [-0.25, -0.2) is 13.1 Å². The highest BCUT2D eigenvalue weighted by atomic mass is 32.2. The van der Waals surface area contributed by atoms with Crippen LogP contribution >= 0.6 is 0 Å². The molecule has 0 atom stereocenters. The quantitative estimate of drug-likeness (QED) is 0.404. The number of piperazine rings is 1. The molecule has 3 aromatic rings. The van der Waals surface area contributed by atoms with E-state index in [0.717, 1.165) is 5.69 Å². The molecule has 2 aromatic carbocycles. The monoisotopic (exact) mass is 484 g/mol. The van der Waals surface area contributed by atoms with Crippen LogP contribution in [-0.2, 0) is 16.6 Å². The number of nitro groups is 1. The van der Waals surface area contributed by atoms with E-state index in [1.54, 1.807) is 42.2 Å². The van der Waals surface area contributed by atoms with Gasteiger partial charge < -0.3 is 14.2 Å². The van der Waals surface area contributed by atoms with Crippen LogP contribution in [0.25, 0.3) is 0 Å². The van der Waals surface area contributed by atoms with Crippen LogP contribution in [0.4, 0.5) is 11.4 Å². The number of hydrogen-bond donors (Lipinski definition) is 1. The molecule has 0 spiro atoms. The number of hydrogen-bond acceptors (Lipinski definition) is 7. The van der Waals surface area contributed by atoms with Gasteiger partial charge in [-0.1, -0.05) is 6.07 Å². The third-order valence-electron chi connectivity index (χ3n) is 5.76. The molecular formula is C23H24N4O6S. The van der Waals surface area contributed by atoms with Crippen LogP contribution in [0.1, 0.15) is 21.7 Å². The zero-order valence-corrected chi connectivity index (χ0v) is 19.3. The summed E-state index contributed by atoms with van der Waals surface area (Å²) in [7, 11) is -3.83. The minimum absolute atomic E-state index is 0.0110. The largest absolute Gasteiger partial charge is 0.468 e. The lowest BCUT2D eigenvalue weighted by Gasteiger charge is -2.36. The van der Waals surface area contributed by atoms with Crippen molar-refractivity contribution in [1.29, 1.82) is 0 Å². The summed E-state index contributed by atoms with van der Waals surface area (Å²) in [5.41, 5.74) is 1.91. The Morgan fingerprint density at radius 3 is 2.41 bits per heavy atom. The normalized spacial score (nSPS) is 14.3. The number of sulfonamides is 1. The second kappa shape index (κ2) is 9.65. The highest BCUT2D eigenvalue weighted by molar-refractivity contribution is 7.89. The highest BCUT2D eigenvalue weighted by Crippen LogP contribution is 2.23. The molecule has 1 aromatic heterocycles. The summed E-state index contributed by atoms with van der Waals surface area (Å²) in [6, 6.07) is 14.2. The van der Waals surface area contributed by atoms with Crippen LogP contribution in [0.3, 0.4) is 0 Å². The smallest absolute Gasteiger partial charge is 0.269 e. The number of carbonyl (C=O) groups excluding carboxylic acids is 1. The molecule has 0 radical (unpaired) electrons. The Hall–Kier alpha value is -3.70. The summed E-state index contributed by atoms with van der Waals surface area (Å²) in [6.07, 6.45) is 1.47. The first kappa shape index (κ1) is 23.5. The van der Waals surface area contributed by atoms with Crippen LogP contribution in [-0.4, -0.2) is 50.3 Å². The van der Waals surface area contributed by atoms with Crippen LogP contribution in [0.5, 0.6) is 0 Å². The van der Waals surface area contributed by atoms with Crippen molar-refractivity contribution in [3.8, 4) is 0 Å². The van der Waals surface area contributed by atoms with Crippen molar-refractivity contribution in [2.75, 3.05) is 31.1 Å². The van der Waals surface area contributed by atoms with Crippen LogP contribution in [0.15, 0.2) is 70.2 Å². The first-order valence-electron chi connectivity index (χ1n) is 10.7. The molecule has 0 aliphatic carbocycles. The number of furan rings is 1. The van der Waals surface area contributed by atoms with E-state index in [2.05, 4.69) is 9.62 Å². The van der Waals surface area contributed by atoms with Crippen molar-refractivity contribution in [3.63, 3.8) is 0 Å². The number of nitro benzene ring substituents is 1. The maximum atomic E-state index is 13.2. The second-order valence-corrected chi connectivity index (χ2v) is 9.70. The van der Waals surface area contributed by atoms with E-state index >= 15 is 0 Å². The highest BCUT2D eigenvalue weighted by Gasteiger charge is 2.25. The number of rotatable bonds is 7. The van der Waals surface area contributed by atoms with Gasteiger partial charge in [-0.3, -0.25) is 14.9 Å². The summed E-state index contributed by atoms with van der Waals surface area (Å²) in [4.78, 5) is 27.4. The number of nitrogens with zero attached hydrogens (tertiary/aromatic N) is 3. The lowest BCUT2D eigenvalue weighted by molar-refractivity contribution is -0.384. The first-order valence-corrected chi connectivity index (χ1v) is 12.1. The van der Waals surface area contributed by atoms with Crippen molar-refractivity contribution in [2.45, 2.75) is 18.4 Å². The predicted octanol–water partition coefficient (Wildman–Crippen LogP) is 2.94. The molecule has 0 unspecified atom stereocenters. The Labute approximate surface area is 197 Å².